The summed E-state index contributed by atoms with van der Waals surface area (Å²) < 4.78 is 0. The fraction of sp³-hybridized carbons (Fsp3) is 0.263. The average Bonchev–Trinajstić information content (AvgIpc) is 2.64. The predicted octanol–water partition coefficient (Wildman–Crippen LogP) is 4.43. The molecule has 0 bridgehead atoms. The maximum Gasteiger partial charge on any atom is 0.227 e. The molecule has 0 atom stereocenters. The van der Waals surface area contributed by atoms with Crippen LogP contribution < -0.4 is 10.2 Å². The Morgan fingerprint density at radius 1 is 1.23 bits per heavy atom. The molecule has 1 aliphatic rings. The Balaban J connectivity index is 1.66. The Labute approximate surface area is 161 Å². The molecule has 2 aromatic rings. The lowest BCUT2D eigenvalue weighted by atomic mass is 9.95. The first-order valence-corrected chi connectivity index (χ1v) is 8.98. The number of aromatic hydroxyl groups is 1. The van der Waals surface area contributed by atoms with Crippen LogP contribution in [0.1, 0.15) is 18.4 Å². The van der Waals surface area contributed by atoms with Crippen molar-refractivity contribution in [2.24, 2.45) is 5.92 Å². The second-order valence-electron chi connectivity index (χ2n) is 6.16. The number of rotatable bonds is 3. The second kappa shape index (κ2) is 7.86. The van der Waals surface area contributed by atoms with Crippen molar-refractivity contribution in [2.75, 3.05) is 23.3 Å². The highest BCUT2D eigenvalue weighted by Gasteiger charge is 2.27. The summed E-state index contributed by atoms with van der Waals surface area (Å²) in [4.78, 5) is 14.5. The number of nitrogens with one attached hydrogen (secondary N) is 1. The lowest BCUT2D eigenvalue weighted by Crippen LogP contribution is -2.38. The van der Waals surface area contributed by atoms with E-state index in [1.807, 2.05) is 4.90 Å². The van der Waals surface area contributed by atoms with Gasteiger partial charge < -0.3 is 15.3 Å². The Kier molecular flexibility index (Phi) is 5.55. The van der Waals surface area contributed by atoms with Crippen LogP contribution in [0.3, 0.4) is 0 Å². The van der Waals surface area contributed by atoms with E-state index in [1.54, 1.807) is 24.3 Å². The average molecular weight is 390 g/mol. The SMILES string of the molecule is N#Cc1cccc(Cl)c1N1CCC(C(=O)Nc2cc(Cl)ccc2O)CC1. The molecule has 1 amide bonds. The van der Waals surface area contributed by atoms with E-state index in [0.717, 1.165) is 5.69 Å². The van der Waals surface area contributed by atoms with Gasteiger partial charge in [0, 0.05) is 24.0 Å². The van der Waals surface area contributed by atoms with Crippen LogP contribution in [0.15, 0.2) is 36.4 Å². The van der Waals surface area contributed by atoms with Crippen LogP contribution in [0, 0.1) is 17.2 Å². The largest absolute Gasteiger partial charge is 0.506 e. The van der Waals surface area contributed by atoms with Crippen LogP contribution in [0.5, 0.6) is 5.75 Å². The highest BCUT2D eigenvalue weighted by Crippen LogP contribution is 2.33. The van der Waals surface area contributed by atoms with Crippen LogP contribution in [-0.4, -0.2) is 24.1 Å². The summed E-state index contributed by atoms with van der Waals surface area (Å²) in [7, 11) is 0. The third-order valence-electron chi connectivity index (χ3n) is 4.51. The normalized spacial score (nSPS) is 14.7. The monoisotopic (exact) mass is 389 g/mol. The first-order valence-electron chi connectivity index (χ1n) is 8.22. The molecule has 1 saturated heterocycles. The molecule has 3 rings (SSSR count). The van der Waals surface area contributed by atoms with E-state index in [2.05, 4.69) is 11.4 Å². The Hall–Kier alpha value is -2.42. The van der Waals surface area contributed by atoms with Gasteiger partial charge in [0.15, 0.2) is 0 Å². The number of anilines is 2. The minimum absolute atomic E-state index is 0.0186. The van der Waals surface area contributed by atoms with Crippen LogP contribution in [0.4, 0.5) is 11.4 Å². The first kappa shape index (κ1) is 18.4. The third kappa shape index (κ3) is 3.87. The van der Waals surface area contributed by atoms with Crippen molar-refractivity contribution < 1.29 is 9.90 Å². The van der Waals surface area contributed by atoms with Crippen LogP contribution in [-0.2, 0) is 4.79 Å². The van der Waals surface area contributed by atoms with Crippen LogP contribution >= 0.6 is 23.2 Å². The van der Waals surface area contributed by atoms with Gasteiger partial charge in [-0.05, 0) is 43.2 Å². The van der Waals surface area contributed by atoms with Gasteiger partial charge in [-0.15, -0.1) is 0 Å². The molecule has 5 nitrogen and oxygen atoms in total. The molecule has 0 spiro atoms. The summed E-state index contributed by atoms with van der Waals surface area (Å²) in [5.74, 6) is -0.352. The zero-order valence-corrected chi connectivity index (χ0v) is 15.4. The Bertz CT molecular complexity index is 872. The second-order valence-corrected chi connectivity index (χ2v) is 7.00. The number of carbonyl (C=O) groups is 1. The van der Waals surface area contributed by atoms with E-state index >= 15 is 0 Å². The molecule has 0 aromatic heterocycles. The quantitative estimate of drug-likeness (QED) is 0.761. The molecule has 26 heavy (non-hydrogen) atoms. The lowest BCUT2D eigenvalue weighted by molar-refractivity contribution is -0.120. The van der Waals surface area contributed by atoms with Crippen molar-refractivity contribution in [1.29, 1.82) is 5.26 Å². The first-order chi connectivity index (χ1) is 12.5. The highest BCUT2D eigenvalue weighted by atomic mass is 35.5. The number of phenolic OH excluding ortho intramolecular Hbond substituents is 1. The lowest BCUT2D eigenvalue weighted by Gasteiger charge is -2.34. The van der Waals surface area contributed by atoms with Gasteiger partial charge in [0.05, 0.1) is 22.0 Å². The zero-order valence-electron chi connectivity index (χ0n) is 13.9. The fourth-order valence-corrected chi connectivity index (χ4v) is 3.60. The number of hydrogen-bond donors (Lipinski definition) is 2. The van der Waals surface area contributed by atoms with E-state index < -0.39 is 0 Å². The number of piperidine rings is 1. The molecule has 1 aliphatic heterocycles. The van der Waals surface area contributed by atoms with Gasteiger partial charge in [-0.25, -0.2) is 0 Å². The summed E-state index contributed by atoms with van der Waals surface area (Å²) >= 11 is 12.2. The molecule has 0 aliphatic carbocycles. The standard InChI is InChI=1S/C19H17Cl2N3O2/c20-14-4-5-17(25)16(10-14)23-19(26)12-6-8-24(9-7-12)18-13(11-22)2-1-3-15(18)21/h1-5,10,12,25H,6-9H2,(H,23,26). The maximum atomic E-state index is 12.5. The molecule has 0 radical (unpaired) electrons. The summed E-state index contributed by atoms with van der Waals surface area (Å²) in [5.41, 5.74) is 1.56. The maximum absolute atomic E-state index is 12.5. The number of para-hydroxylation sites is 1. The van der Waals surface area contributed by atoms with E-state index in [9.17, 15) is 15.2 Å². The molecule has 1 heterocycles. The number of nitriles is 1. The number of amides is 1. The number of benzene rings is 2. The van der Waals surface area contributed by atoms with Gasteiger partial charge in [-0.1, -0.05) is 29.3 Å². The van der Waals surface area contributed by atoms with Crippen molar-refractivity contribution in [3.05, 3.63) is 52.0 Å². The molecule has 2 aromatic carbocycles. The van der Waals surface area contributed by atoms with Crippen molar-refractivity contribution in [2.45, 2.75) is 12.8 Å². The van der Waals surface area contributed by atoms with Gasteiger partial charge >= 0.3 is 0 Å². The van der Waals surface area contributed by atoms with E-state index in [-0.39, 0.29) is 17.6 Å². The smallest absolute Gasteiger partial charge is 0.227 e. The summed E-state index contributed by atoms with van der Waals surface area (Å²) in [6, 6.07) is 11.9. The molecule has 2 N–H and O–H groups in total. The van der Waals surface area contributed by atoms with Gasteiger partial charge in [-0.3, -0.25) is 4.79 Å². The topological polar surface area (TPSA) is 76.4 Å². The third-order valence-corrected chi connectivity index (χ3v) is 5.05. The molecule has 0 unspecified atom stereocenters. The Morgan fingerprint density at radius 3 is 2.65 bits per heavy atom. The number of halogens is 2. The van der Waals surface area contributed by atoms with Crippen molar-refractivity contribution >= 4 is 40.5 Å². The van der Waals surface area contributed by atoms with E-state index in [4.69, 9.17) is 23.2 Å². The molecule has 1 fully saturated rings. The van der Waals surface area contributed by atoms with Crippen LogP contribution in [0.2, 0.25) is 10.0 Å². The van der Waals surface area contributed by atoms with Crippen molar-refractivity contribution in [1.82, 2.24) is 0 Å². The number of carbonyl (C=O) groups excluding carboxylic acids is 1. The summed E-state index contributed by atoms with van der Waals surface area (Å²) in [6.07, 6.45) is 1.26. The highest BCUT2D eigenvalue weighted by molar-refractivity contribution is 6.33. The fourth-order valence-electron chi connectivity index (χ4n) is 3.14. The summed E-state index contributed by atoms with van der Waals surface area (Å²) in [5, 5.41) is 22.8. The molecular formula is C19H17Cl2N3O2. The van der Waals surface area contributed by atoms with Gasteiger partial charge in [0.25, 0.3) is 0 Å². The van der Waals surface area contributed by atoms with E-state index in [0.29, 0.717) is 47.2 Å². The zero-order chi connectivity index (χ0) is 18.7. The molecule has 0 saturated carbocycles. The van der Waals surface area contributed by atoms with Gasteiger partial charge in [-0.2, -0.15) is 5.26 Å². The minimum atomic E-state index is -0.183. The molecular weight excluding hydrogens is 373 g/mol. The van der Waals surface area contributed by atoms with E-state index in [1.165, 1.54) is 12.1 Å². The Morgan fingerprint density at radius 2 is 1.96 bits per heavy atom. The number of nitrogens with zero attached hydrogens (tertiary/aromatic N) is 2. The molecule has 7 heteroatoms. The predicted molar refractivity (Wildman–Crippen MR) is 103 cm³/mol. The van der Waals surface area contributed by atoms with Gasteiger partial charge in [0.2, 0.25) is 5.91 Å². The minimum Gasteiger partial charge on any atom is -0.506 e. The van der Waals surface area contributed by atoms with Gasteiger partial charge in [0.1, 0.15) is 11.8 Å². The number of hydrogen-bond acceptors (Lipinski definition) is 4. The summed E-state index contributed by atoms with van der Waals surface area (Å²) in [6.45, 7) is 1.25. The van der Waals surface area contributed by atoms with Crippen LogP contribution in [0.25, 0.3) is 0 Å². The number of phenols is 1. The van der Waals surface area contributed by atoms with Crippen molar-refractivity contribution in [3.63, 3.8) is 0 Å². The molecule has 134 valence electrons. The van der Waals surface area contributed by atoms with Crippen molar-refractivity contribution in [3.8, 4) is 11.8 Å².